The molecule has 3 N–H and O–H groups in total. The number of carbonyl (C=O) groups is 2. The van der Waals surface area contributed by atoms with Gasteiger partial charge in [-0.05, 0) is 30.7 Å². The second-order valence-electron chi connectivity index (χ2n) is 4.09. The summed E-state index contributed by atoms with van der Waals surface area (Å²) >= 11 is 0. The quantitative estimate of drug-likeness (QED) is 0.811. The average Bonchev–Trinajstić information content (AvgIpc) is 2.43. The molecule has 19 heavy (non-hydrogen) atoms. The predicted octanol–water partition coefficient (Wildman–Crippen LogP) is 0.713. The van der Waals surface area contributed by atoms with Gasteiger partial charge in [0.1, 0.15) is 0 Å². The number of nitrogens with two attached hydrogens (primary N) is 1. The summed E-state index contributed by atoms with van der Waals surface area (Å²) < 4.78 is 0. The van der Waals surface area contributed by atoms with Gasteiger partial charge >= 0.3 is 5.97 Å². The first-order valence-corrected chi connectivity index (χ1v) is 5.71. The Morgan fingerprint density at radius 1 is 1.42 bits per heavy atom. The van der Waals surface area contributed by atoms with E-state index >= 15 is 0 Å². The van der Waals surface area contributed by atoms with Crippen LogP contribution in [0.3, 0.4) is 0 Å². The van der Waals surface area contributed by atoms with Gasteiger partial charge in [-0.25, -0.2) is 0 Å². The molecule has 0 fully saturated rings. The first-order valence-electron chi connectivity index (χ1n) is 5.71. The number of carbonyl (C=O) groups excluding carboxylic acids is 1. The Hall–Kier alpha value is -2.39. The lowest BCUT2D eigenvalue weighted by molar-refractivity contribution is -0.137. The van der Waals surface area contributed by atoms with E-state index in [-0.39, 0.29) is 18.7 Å². The second kappa shape index (κ2) is 6.52. The van der Waals surface area contributed by atoms with Crippen molar-refractivity contribution in [1.82, 2.24) is 0 Å². The van der Waals surface area contributed by atoms with Crippen molar-refractivity contribution in [1.29, 1.82) is 5.26 Å². The van der Waals surface area contributed by atoms with Gasteiger partial charge in [-0.2, -0.15) is 5.26 Å². The molecule has 0 radical (unpaired) electrons. The molecule has 0 saturated heterocycles. The smallest absolute Gasteiger partial charge is 0.303 e. The maximum Gasteiger partial charge on any atom is 0.303 e. The Kier molecular flexibility index (Phi) is 5.03. The van der Waals surface area contributed by atoms with Crippen LogP contribution in [-0.4, -0.2) is 30.1 Å². The van der Waals surface area contributed by atoms with Crippen LogP contribution in [-0.2, 0) is 9.59 Å². The monoisotopic (exact) mass is 261 g/mol. The number of anilines is 1. The Bertz CT molecular complexity index is 505. The Labute approximate surface area is 111 Å². The third kappa shape index (κ3) is 4.08. The van der Waals surface area contributed by atoms with Crippen LogP contribution in [0.5, 0.6) is 0 Å². The maximum atomic E-state index is 12.0. The molecule has 0 saturated carbocycles. The molecule has 0 aromatic heterocycles. The molecule has 0 spiro atoms. The fourth-order valence-electron chi connectivity index (χ4n) is 1.54. The highest BCUT2D eigenvalue weighted by atomic mass is 16.4. The lowest BCUT2D eigenvalue weighted by atomic mass is 10.1. The zero-order valence-electron chi connectivity index (χ0n) is 10.5. The number of hydrogen-bond acceptors (Lipinski definition) is 4. The molecule has 1 amide bonds. The fourth-order valence-corrected chi connectivity index (χ4v) is 1.54. The molecule has 0 heterocycles. The first kappa shape index (κ1) is 14.7. The number of nitriles is 1. The van der Waals surface area contributed by atoms with Crippen molar-refractivity contribution in [3.8, 4) is 6.07 Å². The highest BCUT2D eigenvalue weighted by Gasteiger charge is 2.19. The van der Waals surface area contributed by atoms with Crippen LogP contribution in [0.15, 0.2) is 24.3 Å². The maximum absolute atomic E-state index is 12.0. The summed E-state index contributed by atoms with van der Waals surface area (Å²) in [4.78, 5) is 23.7. The largest absolute Gasteiger partial charge is 0.481 e. The van der Waals surface area contributed by atoms with E-state index < -0.39 is 12.0 Å². The minimum atomic E-state index is -0.982. The molecule has 1 rings (SSSR count). The van der Waals surface area contributed by atoms with Crippen molar-refractivity contribution in [3.63, 3.8) is 0 Å². The van der Waals surface area contributed by atoms with E-state index in [0.717, 1.165) is 0 Å². The molecule has 6 heteroatoms. The number of carboxylic acids is 1. The molecule has 6 nitrogen and oxygen atoms in total. The molecule has 1 aromatic carbocycles. The summed E-state index contributed by atoms with van der Waals surface area (Å²) in [6, 6.07) is 7.61. The van der Waals surface area contributed by atoms with E-state index in [1.807, 2.05) is 6.07 Å². The van der Waals surface area contributed by atoms with Crippen LogP contribution in [0.1, 0.15) is 18.4 Å². The molecule has 1 aromatic rings. The first-order chi connectivity index (χ1) is 8.95. The summed E-state index contributed by atoms with van der Waals surface area (Å²) in [7, 11) is 1.56. The van der Waals surface area contributed by atoms with E-state index in [1.54, 1.807) is 31.3 Å². The number of likely N-dealkylation sites (N-methyl/N-ethyl adjacent to an activating group) is 1. The number of nitrogens with zero attached hydrogens (tertiary/aromatic N) is 2. The number of aliphatic carboxylic acids is 1. The molecule has 100 valence electrons. The summed E-state index contributed by atoms with van der Waals surface area (Å²) in [5.74, 6) is -1.34. The van der Waals surface area contributed by atoms with Crippen molar-refractivity contribution >= 4 is 17.6 Å². The Morgan fingerprint density at radius 3 is 2.47 bits per heavy atom. The predicted molar refractivity (Wildman–Crippen MR) is 69.4 cm³/mol. The molecular formula is C13H15N3O3. The van der Waals surface area contributed by atoms with Crippen LogP contribution < -0.4 is 10.6 Å². The second-order valence-corrected chi connectivity index (χ2v) is 4.09. The number of amides is 1. The lowest BCUT2D eigenvalue weighted by Crippen LogP contribution is -2.42. The highest BCUT2D eigenvalue weighted by Crippen LogP contribution is 2.15. The van der Waals surface area contributed by atoms with Crippen LogP contribution >= 0.6 is 0 Å². The van der Waals surface area contributed by atoms with Crippen molar-refractivity contribution in [2.45, 2.75) is 18.9 Å². The zero-order chi connectivity index (χ0) is 14.4. The van der Waals surface area contributed by atoms with Gasteiger partial charge in [0.15, 0.2) is 0 Å². The van der Waals surface area contributed by atoms with Gasteiger partial charge in [0, 0.05) is 19.2 Å². The SMILES string of the molecule is CN(C(=O)C(N)CCC(=O)O)c1ccc(C#N)cc1. The third-order valence-electron chi connectivity index (χ3n) is 2.70. The normalized spacial score (nSPS) is 11.4. The van der Waals surface area contributed by atoms with E-state index in [2.05, 4.69) is 0 Å². The van der Waals surface area contributed by atoms with Crippen molar-refractivity contribution in [2.75, 3.05) is 11.9 Å². The van der Waals surface area contributed by atoms with Gasteiger partial charge in [0.25, 0.3) is 0 Å². The molecule has 1 atom stereocenters. The summed E-state index contributed by atoms with van der Waals surface area (Å²) in [5.41, 5.74) is 6.76. The minimum Gasteiger partial charge on any atom is -0.481 e. The molecule has 0 aliphatic heterocycles. The van der Waals surface area contributed by atoms with Crippen LogP contribution in [0.25, 0.3) is 0 Å². The van der Waals surface area contributed by atoms with Gasteiger partial charge in [-0.3, -0.25) is 9.59 Å². The fraction of sp³-hybridized carbons (Fsp3) is 0.308. The van der Waals surface area contributed by atoms with Crippen LogP contribution in [0.2, 0.25) is 0 Å². The average molecular weight is 261 g/mol. The summed E-state index contributed by atoms with van der Waals surface area (Å²) in [5, 5.41) is 17.2. The van der Waals surface area contributed by atoms with Crippen molar-refractivity contribution < 1.29 is 14.7 Å². The van der Waals surface area contributed by atoms with Crippen molar-refractivity contribution in [3.05, 3.63) is 29.8 Å². The Balaban J connectivity index is 2.70. The third-order valence-corrected chi connectivity index (χ3v) is 2.70. The van der Waals surface area contributed by atoms with E-state index in [1.165, 1.54) is 4.90 Å². The van der Waals surface area contributed by atoms with Crippen LogP contribution in [0, 0.1) is 11.3 Å². The van der Waals surface area contributed by atoms with E-state index in [4.69, 9.17) is 16.1 Å². The number of hydrogen-bond donors (Lipinski definition) is 2. The molecule has 1 unspecified atom stereocenters. The number of rotatable bonds is 5. The molecular weight excluding hydrogens is 246 g/mol. The van der Waals surface area contributed by atoms with Gasteiger partial charge in [0.05, 0.1) is 17.7 Å². The topological polar surface area (TPSA) is 107 Å². The summed E-state index contributed by atoms with van der Waals surface area (Å²) in [6.45, 7) is 0. The Morgan fingerprint density at radius 2 is 2.00 bits per heavy atom. The summed E-state index contributed by atoms with van der Waals surface area (Å²) in [6.07, 6.45) is -0.0527. The van der Waals surface area contributed by atoms with Gasteiger partial charge < -0.3 is 15.7 Å². The number of carboxylic acid groups (broad SMARTS) is 1. The minimum absolute atomic E-state index is 0.0920. The molecule has 0 bridgehead atoms. The van der Waals surface area contributed by atoms with Gasteiger partial charge in [-0.1, -0.05) is 0 Å². The van der Waals surface area contributed by atoms with Gasteiger partial charge in [-0.15, -0.1) is 0 Å². The standard InChI is InChI=1S/C13H15N3O3/c1-16(10-4-2-9(8-14)3-5-10)13(19)11(15)6-7-12(17)18/h2-5,11H,6-7,15H2,1H3,(H,17,18). The highest BCUT2D eigenvalue weighted by molar-refractivity contribution is 5.96. The van der Waals surface area contributed by atoms with Gasteiger partial charge in [0.2, 0.25) is 5.91 Å². The molecule has 0 aliphatic carbocycles. The van der Waals surface area contributed by atoms with Crippen molar-refractivity contribution in [2.24, 2.45) is 5.73 Å². The van der Waals surface area contributed by atoms with E-state index in [9.17, 15) is 9.59 Å². The van der Waals surface area contributed by atoms with Crippen LogP contribution in [0.4, 0.5) is 5.69 Å². The lowest BCUT2D eigenvalue weighted by Gasteiger charge is -2.21. The zero-order valence-corrected chi connectivity index (χ0v) is 10.5. The van der Waals surface area contributed by atoms with E-state index in [0.29, 0.717) is 11.3 Å². The number of benzene rings is 1. The molecule has 0 aliphatic rings.